The number of nitrogens with zero attached hydrogens (tertiary/aromatic N) is 5. The molecule has 0 N–H and O–H groups in total. The Balaban J connectivity index is 1.74. The van der Waals surface area contributed by atoms with Crippen LogP contribution in [0.2, 0.25) is 0 Å². The summed E-state index contributed by atoms with van der Waals surface area (Å²) < 4.78 is 15.8. The summed E-state index contributed by atoms with van der Waals surface area (Å²) >= 11 is 0. The molecule has 0 saturated carbocycles. The fraction of sp³-hybridized carbons (Fsp3) is 0.333. The van der Waals surface area contributed by atoms with Gasteiger partial charge in [0.1, 0.15) is 17.2 Å². The Labute approximate surface area is 148 Å². The van der Waals surface area contributed by atoms with Gasteiger partial charge in [-0.25, -0.2) is 28.5 Å². The SMILES string of the molecule is Cn1c(=O)n(C(=O)N2CCCC2)c2cnc(Cc3cccc(F)c3)nc21. The van der Waals surface area contributed by atoms with Crippen LogP contribution in [0.25, 0.3) is 11.2 Å². The summed E-state index contributed by atoms with van der Waals surface area (Å²) in [6.07, 6.45) is 3.72. The van der Waals surface area contributed by atoms with Gasteiger partial charge in [-0.3, -0.25) is 4.57 Å². The highest BCUT2D eigenvalue weighted by Gasteiger charge is 2.25. The second-order valence-electron chi connectivity index (χ2n) is 6.46. The number of halogens is 1. The third-order valence-electron chi connectivity index (χ3n) is 4.66. The maximum atomic E-state index is 13.3. The molecule has 134 valence electrons. The smallest absolute Gasteiger partial charge is 0.324 e. The molecule has 1 aromatic carbocycles. The summed E-state index contributed by atoms with van der Waals surface area (Å²) in [4.78, 5) is 35.6. The topological polar surface area (TPSA) is 73.0 Å². The van der Waals surface area contributed by atoms with Gasteiger partial charge in [-0.15, -0.1) is 0 Å². The van der Waals surface area contributed by atoms with E-state index in [0.29, 0.717) is 36.5 Å². The molecule has 1 aliphatic heterocycles. The van der Waals surface area contributed by atoms with Crippen LogP contribution in [0.15, 0.2) is 35.3 Å². The minimum atomic E-state index is -0.436. The van der Waals surface area contributed by atoms with Crippen molar-refractivity contribution in [2.24, 2.45) is 7.05 Å². The van der Waals surface area contributed by atoms with Crippen molar-refractivity contribution in [2.45, 2.75) is 19.3 Å². The molecule has 1 saturated heterocycles. The lowest BCUT2D eigenvalue weighted by molar-refractivity contribution is 0.210. The Bertz CT molecular complexity index is 1050. The van der Waals surface area contributed by atoms with E-state index in [2.05, 4.69) is 9.97 Å². The Hall–Kier alpha value is -3.03. The van der Waals surface area contributed by atoms with E-state index in [1.54, 1.807) is 24.1 Å². The largest absolute Gasteiger partial charge is 0.338 e. The molecule has 4 rings (SSSR count). The molecule has 0 radical (unpaired) electrons. The van der Waals surface area contributed by atoms with Gasteiger partial charge in [0.15, 0.2) is 5.65 Å². The summed E-state index contributed by atoms with van der Waals surface area (Å²) in [5.74, 6) is 0.141. The first-order valence-electron chi connectivity index (χ1n) is 8.51. The van der Waals surface area contributed by atoms with E-state index in [9.17, 15) is 14.0 Å². The molecule has 1 amide bonds. The predicted octanol–water partition coefficient (Wildman–Crippen LogP) is 1.92. The molecule has 1 fully saturated rings. The minimum absolute atomic E-state index is 0.321. The molecule has 3 aromatic rings. The Kier molecular flexibility index (Phi) is 4.02. The monoisotopic (exact) mass is 355 g/mol. The molecule has 0 unspecified atom stereocenters. The van der Waals surface area contributed by atoms with Crippen LogP contribution in [0.3, 0.4) is 0 Å². The maximum Gasteiger partial charge on any atom is 0.338 e. The van der Waals surface area contributed by atoms with Gasteiger partial charge in [0.05, 0.1) is 6.20 Å². The Morgan fingerprint density at radius 1 is 1.27 bits per heavy atom. The molecule has 0 bridgehead atoms. The zero-order chi connectivity index (χ0) is 18.3. The van der Waals surface area contributed by atoms with Gasteiger partial charge in [-0.2, -0.15) is 0 Å². The van der Waals surface area contributed by atoms with Crippen molar-refractivity contribution in [1.29, 1.82) is 0 Å². The number of carbonyl (C=O) groups is 1. The van der Waals surface area contributed by atoms with Gasteiger partial charge in [-0.1, -0.05) is 12.1 Å². The molecule has 2 aromatic heterocycles. The third-order valence-corrected chi connectivity index (χ3v) is 4.66. The number of hydrogen-bond donors (Lipinski definition) is 0. The highest BCUT2D eigenvalue weighted by molar-refractivity contribution is 5.87. The molecule has 0 spiro atoms. The van der Waals surface area contributed by atoms with Crippen molar-refractivity contribution in [3.63, 3.8) is 0 Å². The average Bonchev–Trinajstić information content (AvgIpc) is 3.23. The van der Waals surface area contributed by atoms with E-state index >= 15 is 0 Å². The number of carbonyl (C=O) groups excluding carboxylic acids is 1. The number of likely N-dealkylation sites (tertiary alicyclic amines) is 1. The fourth-order valence-corrected chi connectivity index (χ4v) is 3.30. The van der Waals surface area contributed by atoms with Gasteiger partial charge in [0.2, 0.25) is 0 Å². The van der Waals surface area contributed by atoms with E-state index in [-0.39, 0.29) is 11.8 Å². The summed E-state index contributed by atoms with van der Waals surface area (Å²) in [6, 6.07) is 5.89. The Morgan fingerprint density at radius 3 is 2.77 bits per heavy atom. The molecule has 26 heavy (non-hydrogen) atoms. The zero-order valence-corrected chi connectivity index (χ0v) is 14.4. The molecular formula is C18H18FN5O2. The standard InChI is InChI=1S/C18H18FN5O2/c1-22-16-14(24(17(22)25)18(26)23-7-2-3-8-23)11-20-15(21-16)10-12-5-4-6-13(19)9-12/h4-6,9,11H,2-3,7-8,10H2,1H3. The maximum absolute atomic E-state index is 13.3. The predicted molar refractivity (Wildman–Crippen MR) is 93.6 cm³/mol. The summed E-state index contributed by atoms with van der Waals surface area (Å²) in [7, 11) is 1.58. The van der Waals surface area contributed by atoms with Crippen molar-refractivity contribution in [1.82, 2.24) is 24.0 Å². The second-order valence-corrected chi connectivity index (χ2v) is 6.46. The lowest BCUT2D eigenvalue weighted by Crippen LogP contribution is -2.38. The Morgan fingerprint density at radius 2 is 2.04 bits per heavy atom. The normalized spacial score (nSPS) is 14.3. The van der Waals surface area contributed by atoms with E-state index in [0.717, 1.165) is 23.0 Å². The van der Waals surface area contributed by atoms with Crippen LogP contribution in [-0.4, -0.2) is 43.1 Å². The summed E-state index contributed by atoms with van der Waals surface area (Å²) in [5.41, 5.74) is 1.08. The quantitative estimate of drug-likeness (QED) is 0.704. The average molecular weight is 355 g/mol. The van der Waals surface area contributed by atoms with Crippen molar-refractivity contribution in [3.8, 4) is 0 Å². The van der Waals surface area contributed by atoms with E-state index in [1.807, 2.05) is 0 Å². The number of rotatable bonds is 2. The number of imidazole rings is 1. The first-order valence-corrected chi connectivity index (χ1v) is 8.51. The van der Waals surface area contributed by atoms with Crippen LogP contribution >= 0.6 is 0 Å². The summed E-state index contributed by atoms with van der Waals surface area (Å²) in [6.45, 7) is 1.31. The number of hydrogen-bond acceptors (Lipinski definition) is 4. The zero-order valence-electron chi connectivity index (χ0n) is 14.4. The fourth-order valence-electron chi connectivity index (χ4n) is 3.30. The van der Waals surface area contributed by atoms with E-state index in [1.165, 1.54) is 22.9 Å². The van der Waals surface area contributed by atoms with Gasteiger partial charge < -0.3 is 4.90 Å². The van der Waals surface area contributed by atoms with Gasteiger partial charge in [-0.05, 0) is 30.5 Å². The number of fused-ring (bicyclic) bond motifs is 1. The lowest BCUT2D eigenvalue weighted by atomic mass is 10.1. The number of aryl methyl sites for hydroxylation is 1. The molecule has 7 nitrogen and oxygen atoms in total. The van der Waals surface area contributed by atoms with Gasteiger partial charge in [0, 0.05) is 26.6 Å². The number of amides is 1. The van der Waals surface area contributed by atoms with Gasteiger partial charge >= 0.3 is 11.7 Å². The molecule has 8 heteroatoms. The van der Waals surface area contributed by atoms with Crippen LogP contribution < -0.4 is 5.69 Å². The molecule has 0 aliphatic carbocycles. The van der Waals surface area contributed by atoms with Crippen LogP contribution in [0.5, 0.6) is 0 Å². The van der Waals surface area contributed by atoms with Crippen LogP contribution in [-0.2, 0) is 13.5 Å². The highest BCUT2D eigenvalue weighted by Crippen LogP contribution is 2.15. The van der Waals surface area contributed by atoms with Crippen molar-refractivity contribution < 1.29 is 9.18 Å². The van der Waals surface area contributed by atoms with Crippen molar-refractivity contribution in [2.75, 3.05) is 13.1 Å². The summed E-state index contributed by atoms with van der Waals surface area (Å²) in [5, 5.41) is 0. The lowest BCUT2D eigenvalue weighted by Gasteiger charge is -2.14. The highest BCUT2D eigenvalue weighted by atomic mass is 19.1. The number of benzene rings is 1. The molecular weight excluding hydrogens is 337 g/mol. The molecule has 1 aliphatic rings. The van der Waals surface area contributed by atoms with Gasteiger partial charge in [0.25, 0.3) is 0 Å². The van der Waals surface area contributed by atoms with Crippen LogP contribution in [0.1, 0.15) is 24.2 Å². The van der Waals surface area contributed by atoms with Crippen molar-refractivity contribution in [3.05, 3.63) is 58.2 Å². The third kappa shape index (κ3) is 2.77. The van der Waals surface area contributed by atoms with E-state index < -0.39 is 5.69 Å². The van der Waals surface area contributed by atoms with Crippen LogP contribution in [0.4, 0.5) is 9.18 Å². The minimum Gasteiger partial charge on any atom is -0.324 e. The molecule has 3 heterocycles. The second kappa shape index (κ2) is 6.36. The van der Waals surface area contributed by atoms with Crippen LogP contribution in [0, 0.1) is 5.82 Å². The first-order chi connectivity index (χ1) is 12.5. The number of aromatic nitrogens is 4. The van der Waals surface area contributed by atoms with E-state index in [4.69, 9.17) is 0 Å². The first kappa shape index (κ1) is 16.4. The molecule has 0 atom stereocenters. The van der Waals surface area contributed by atoms with Crippen molar-refractivity contribution >= 4 is 17.2 Å².